The van der Waals surface area contributed by atoms with Gasteiger partial charge in [0.25, 0.3) is 0 Å². The molecule has 0 saturated carbocycles. The van der Waals surface area contributed by atoms with E-state index in [2.05, 4.69) is 21.3 Å². The molecule has 4 heteroatoms. The Morgan fingerprint density at radius 3 is 3.12 bits per heavy atom. The quantitative estimate of drug-likeness (QED) is 0.858. The van der Waals surface area contributed by atoms with Crippen molar-refractivity contribution in [3.63, 3.8) is 0 Å². The van der Waals surface area contributed by atoms with Crippen LogP contribution in [0.2, 0.25) is 0 Å². The van der Waals surface area contributed by atoms with Crippen molar-refractivity contribution in [2.24, 2.45) is 0 Å². The van der Waals surface area contributed by atoms with Gasteiger partial charge in [0.2, 0.25) is 0 Å². The maximum atomic E-state index is 5.50. The second kappa shape index (κ2) is 5.98. The van der Waals surface area contributed by atoms with E-state index in [0.29, 0.717) is 0 Å². The van der Waals surface area contributed by atoms with Crippen LogP contribution in [0.4, 0.5) is 5.69 Å². The minimum absolute atomic E-state index is 0.820. The van der Waals surface area contributed by atoms with Crippen LogP contribution in [0.1, 0.15) is 17.7 Å². The fourth-order valence-corrected chi connectivity index (χ4v) is 2.18. The van der Waals surface area contributed by atoms with Gasteiger partial charge in [0.05, 0.1) is 6.61 Å². The number of hydrogen-bond donors (Lipinski definition) is 1. The SMILES string of the molecule is CNCc1cnc(C)cc1N1CCCOCC1. The molecule has 1 saturated heterocycles. The van der Waals surface area contributed by atoms with Gasteiger partial charge in [-0.2, -0.15) is 0 Å². The normalized spacial score (nSPS) is 16.9. The van der Waals surface area contributed by atoms with Gasteiger partial charge in [-0.1, -0.05) is 0 Å². The molecule has 0 atom stereocenters. The predicted octanol–water partition coefficient (Wildman–Crippen LogP) is 1.34. The van der Waals surface area contributed by atoms with Crippen LogP contribution in [0.5, 0.6) is 0 Å². The first-order valence-corrected chi connectivity index (χ1v) is 6.24. The Bertz CT molecular complexity index is 360. The Morgan fingerprint density at radius 2 is 2.29 bits per heavy atom. The molecular weight excluding hydrogens is 214 g/mol. The highest BCUT2D eigenvalue weighted by Gasteiger charge is 2.14. The van der Waals surface area contributed by atoms with Gasteiger partial charge in [-0.3, -0.25) is 4.98 Å². The first kappa shape index (κ1) is 12.3. The number of rotatable bonds is 3. The monoisotopic (exact) mass is 235 g/mol. The Labute approximate surface area is 103 Å². The molecule has 0 radical (unpaired) electrons. The summed E-state index contributed by atoms with van der Waals surface area (Å²) in [6, 6.07) is 2.18. The van der Waals surface area contributed by atoms with Gasteiger partial charge < -0.3 is 15.0 Å². The number of anilines is 1. The lowest BCUT2D eigenvalue weighted by atomic mass is 10.1. The van der Waals surface area contributed by atoms with E-state index in [1.54, 1.807) is 0 Å². The molecule has 1 aliphatic heterocycles. The summed E-state index contributed by atoms with van der Waals surface area (Å²) in [5.74, 6) is 0. The van der Waals surface area contributed by atoms with Crippen LogP contribution in [-0.2, 0) is 11.3 Å². The Hall–Kier alpha value is -1.13. The van der Waals surface area contributed by atoms with E-state index in [1.165, 1.54) is 11.3 Å². The Kier molecular flexibility index (Phi) is 4.34. The summed E-state index contributed by atoms with van der Waals surface area (Å²) in [6.45, 7) is 6.64. The lowest BCUT2D eigenvalue weighted by Gasteiger charge is -2.25. The Balaban J connectivity index is 2.23. The van der Waals surface area contributed by atoms with E-state index < -0.39 is 0 Å². The van der Waals surface area contributed by atoms with Gasteiger partial charge in [0.15, 0.2) is 0 Å². The fourth-order valence-electron chi connectivity index (χ4n) is 2.18. The van der Waals surface area contributed by atoms with Crippen molar-refractivity contribution < 1.29 is 4.74 Å². The molecule has 0 aliphatic carbocycles. The number of hydrogen-bond acceptors (Lipinski definition) is 4. The molecule has 1 aromatic heterocycles. The third kappa shape index (κ3) is 3.17. The number of aromatic nitrogens is 1. The fraction of sp³-hybridized carbons (Fsp3) is 0.615. The van der Waals surface area contributed by atoms with E-state index in [9.17, 15) is 0 Å². The summed E-state index contributed by atoms with van der Waals surface area (Å²) in [7, 11) is 1.97. The molecule has 1 aliphatic rings. The van der Waals surface area contributed by atoms with Crippen LogP contribution >= 0.6 is 0 Å². The zero-order valence-electron chi connectivity index (χ0n) is 10.7. The van der Waals surface area contributed by atoms with E-state index >= 15 is 0 Å². The van der Waals surface area contributed by atoms with E-state index in [-0.39, 0.29) is 0 Å². The summed E-state index contributed by atoms with van der Waals surface area (Å²) < 4.78 is 5.50. The zero-order chi connectivity index (χ0) is 12.1. The van der Waals surface area contributed by atoms with Gasteiger partial charge in [-0.05, 0) is 26.5 Å². The predicted molar refractivity (Wildman–Crippen MR) is 69.4 cm³/mol. The average Bonchev–Trinajstić information content (AvgIpc) is 2.60. The molecule has 2 heterocycles. The summed E-state index contributed by atoms with van der Waals surface area (Å²) >= 11 is 0. The van der Waals surface area contributed by atoms with Gasteiger partial charge in [-0.25, -0.2) is 0 Å². The third-order valence-electron chi connectivity index (χ3n) is 3.03. The smallest absolute Gasteiger partial charge is 0.0641 e. The molecule has 1 aromatic rings. The second-order valence-electron chi connectivity index (χ2n) is 4.44. The summed E-state index contributed by atoms with van der Waals surface area (Å²) in [4.78, 5) is 6.79. The summed E-state index contributed by atoms with van der Waals surface area (Å²) in [5, 5.41) is 3.20. The lowest BCUT2D eigenvalue weighted by Crippen LogP contribution is -2.27. The number of nitrogens with zero attached hydrogens (tertiary/aromatic N) is 2. The van der Waals surface area contributed by atoms with Crippen molar-refractivity contribution in [1.29, 1.82) is 0 Å². The van der Waals surface area contributed by atoms with Crippen LogP contribution < -0.4 is 10.2 Å². The van der Waals surface area contributed by atoms with Crippen molar-refractivity contribution >= 4 is 5.69 Å². The topological polar surface area (TPSA) is 37.4 Å². The first-order valence-electron chi connectivity index (χ1n) is 6.24. The highest BCUT2D eigenvalue weighted by molar-refractivity contribution is 5.53. The first-order chi connectivity index (χ1) is 8.31. The lowest BCUT2D eigenvalue weighted by molar-refractivity contribution is 0.152. The second-order valence-corrected chi connectivity index (χ2v) is 4.44. The molecule has 2 rings (SSSR count). The van der Waals surface area contributed by atoms with Gasteiger partial charge in [0, 0.05) is 49.4 Å². The number of aryl methyl sites for hydroxylation is 1. The summed E-state index contributed by atoms with van der Waals surface area (Å²) in [6.07, 6.45) is 3.08. The van der Waals surface area contributed by atoms with Crippen molar-refractivity contribution in [3.05, 3.63) is 23.5 Å². The van der Waals surface area contributed by atoms with Crippen LogP contribution in [0.3, 0.4) is 0 Å². The molecule has 94 valence electrons. The highest BCUT2D eigenvalue weighted by atomic mass is 16.5. The molecule has 0 unspecified atom stereocenters. The van der Waals surface area contributed by atoms with Crippen LogP contribution in [0.15, 0.2) is 12.3 Å². The standard InChI is InChI=1S/C13H21N3O/c1-11-8-13(12(9-14-2)10-15-11)16-4-3-6-17-7-5-16/h8,10,14H,3-7,9H2,1-2H3. The molecule has 17 heavy (non-hydrogen) atoms. The molecule has 0 aromatic carbocycles. The molecule has 1 fully saturated rings. The van der Waals surface area contributed by atoms with Crippen molar-refractivity contribution in [2.75, 3.05) is 38.3 Å². The van der Waals surface area contributed by atoms with Crippen molar-refractivity contribution in [1.82, 2.24) is 10.3 Å². The summed E-state index contributed by atoms with van der Waals surface area (Å²) in [5.41, 5.74) is 3.64. The maximum absolute atomic E-state index is 5.50. The van der Waals surface area contributed by atoms with Crippen molar-refractivity contribution in [2.45, 2.75) is 19.9 Å². The minimum atomic E-state index is 0.820. The highest BCUT2D eigenvalue weighted by Crippen LogP contribution is 2.22. The number of ether oxygens (including phenoxy) is 1. The zero-order valence-corrected chi connectivity index (χ0v) is 10.7. The molecule has 0 spiro atoms. The minimum Gasteiger partial charge on any atom is -0.380 e. The average molecular weight is 235 g/mol. The Morgan fingerprint density at radius 1 is 1.41 bits per heavy atom. The van der Waals surface area contributed by atoms with E-state index in [1.807, 2.05) is 20.2 Å². The molecule has 1 N–H and O–H groups in total. The van der Waals surface area contributed by atoms with Gasteiger partial charge in [-0.15, -0.1) is 0 Å². The molecular formula is C13H21N3O. The van der Waals surface area contributed by atoms with Crippen LogP contribution in [0.25, 0.3) is 0 Å². The number of nitrogens with one attached hydrogen (secondary N) is 1. The van der Waals surface area contributed by atoms with Crippen LogP contribution in [-0.4, -0.2) is 38.3 Å². The van der Waals surface area contributed by atoms with E-state index in [4.69, 9.17) is 4.74 Å². The van der Waals surface area contributed by atoms with Gasteiger partial charge in [0.1, 0.15) is 0 Å². The molecule has 0 bridgehead atoms. The van der Waals surface area contributed by atoms with Gasteiger partial charge >= 0.3 is 0 Å². The molecule has 4 nitrogen and oxygen atoms in total. The third-order valence-corrected chi connectivity index (χ3v) is 3.03. The van der Waals surface area contributed by atoms with Crippen molar-refractivity contribution in [3.8, 4) is 0 Å². The molecule has 0 amide bonds. The number of pyridine rings is 1. The maximum Gasteiger partial charge on any atom is 0.0641 e. The largest absolute Gasteiger partial charge is 0.380 e. The van der Waals surface area contributed by atoms with E-state index in [0.717, 1.165) is 45.0 Å². The van der Waals surface area contributed by atoms with Crippen LogP contribution in [0, 0.1) is 6.92 Å².